The first-order valence-corrected chi connectivity index (χ1v) is 12.1. The van der Waals surface area contributed by atoms with E-state index in [9.17, 15) is 4.79 Å². The topological polar surface area (TPSA) is 53.6 Å². The summed E-state index contributed by atoms with van der Waals surface area (Å²) in [6, 6.07) is 7.15. The Bertz CT molecular complexity index is 694. The predicted molar refractivity (Wildman–Crippen MR) is 121 cm³/mol. The summed E-state index contributed by atoms with van der Waals surface area (Å²) in [6.45, 7) is 4.96. The summed E-state index contributed by atoms with van der Waals surface area (Å²) in [6.07, 6.45) is 10.5. The number of nitrogens with one attached hydrogen (secondary N) is 2. The zero-order valence-corrected chi connectivity index (χ0v) is 18.6. The number of hydrogen-bond donors (Lipinski definition) is 2. The van der Waals surface area contributed by atoms with Crippen LogP contribution < -0.4 is 15.4 Å². The van der Waals surface area contributed by atoms with E-state index in [0.29, 0.717) is 11.9 Å². The molecule has 30 heavy (non-hydrogen) atoms. The van der Waals surface area contributed by atoms with E-state index in [1.165, 1.54) is 43.2 Å². The molecule has 1 atom stereocenters. The number of ether oxygens (including phenoxy) is 1. The van der Waals surface area contributed by atoms with Gasteiger partial charge in [-0.25, -0.2) is 0 Å². The SMILES string of the molecule is COc1ccc2c(c1)C[C@@H](CCCNC1CCN(C(=O)C3CCNCC3)CC1)CC2. The maximum Gasteiger partial charge on any atom is 0.225 e. The average Bonchev–Trinajstić information content (AvgIpc) is 2.82. The summed E-state index contributed by atoms with van der Waals surface area (Å²) in [5, 5.41) is 7.13. The molecule has 1 aromatic rings. The van der Waals surface area contributed by atoms with Crippen LogP contribution in [0.2, 0.25) is 0 Å². The van der Waals surface area contributed by atoms with Crippen molar-refractivity contribution in [3.63, 3.8) is 0 Å². The van der Waals surface area contributed by atoms with Gasteiger partial charge in [0.1, 0.15) is 5.75 Å². The molecule has 4 rings (SSSR count). The molecular weight excluding hydrogens is 374 g/mol. The van der Waals surface area contributed by atoms with E-state index < -0.39 is 0 Å². The molecule has 0 radical (unpaired) electrons. The number of fused-ring (bicyclic) bond motifs is 1. The zero-order chi connectivity index (χ0) is 20.8. The van der Waals surface area contributed by atoms with Gasteiger partial charge in [-0.1, -0.05) is 6.07 Å². The molecule has 0 saturated carbocycles. The Hall–Kier alpha value is -1.59. The second-order valence-electron chi connectivity index (χ2n) is 9.46. The summed E-state index contributed by atoms with van der Waals surface area (Å²) in [5.41, 5.74) is 3.00. The van der Waals surface area contributed by atoms with Crippen molar-refractivity contribution in [2.45, 2.75) is 63.8 Å². The van der Waals surface area contributed by atoms with Crippen LogP contribution in [0.1, 0.15) is 56.1 Å². The molecule has 5 nitrogen and oxygen atoms in total. The molecule has 166 valence electrons. The molecule has 1 amide bonds. The molecule has 2 N–H and O–H groups in total. The number of nitrogens with zero attached hydrogens (tertiary/aromatic N) is 1. The van der Waals surface area contributed by atoms with Gasteiger partial charge in [0.2, 0.25) is 5.91 Å². The number of aryl methyl sites for hydroxylation is 1. The first-order valence-electron chi connectivity index (χ1n) is 12.1. The van der Waals surface area contributed by atoms with Crippen molar-refractivity contribution in [2.75, 3.05) is 39.8 Å². The molecule has 5 heteroatoms. The number of hydrogen-bond acceptors (Lipinski definition) is 4. The van der Waals surface area contributed by atoms with Crippen LogP contribution in [0.25, 0.3) is 0 Å². The normalized spacial score (nSPS) is 23.2. The van der Waals surface area contributed by atoms with Crippen LogP contribution in [0.5, 0.6) is 5.75 Å². The Kier molecular flexibility index (Phi) is 7.67. The van der Waals surface area contributed by atoms with Crippen molar-refractivity contribution in [1.82, 2.24) is 15.5 Å². The number of likely N-dealkylation sites (tertiary alicyclic amines) is 1. The fourth-order valence-corrected chi connectivity index (χ4v) is 5.51. The highest BCUT2D eigenvalue weighted by atomic mass is 16.5. The standard InChI is InChI=1S/C25H39N3O2/c1-30-24-7-6-20-5-4-19(17-22(20)18-24)3-2-12-27-23-10-15-28(16-11-23)25(29)21-8-13-26-14-9-21/h6-7,18-19,21,23,26-27H,2-5,8-17H2,1H3/t19-/m0/s1. The van der Waals surface area contributed by atoms with E-state index in [1.54, 1.807) is 7.11 Å². The lowest BCUT2D eigenvalue weighted by Crippen LogP contribution is -2.48. The number of piperidine rings is 2. The lowest BCUT2D eigenvalue weighted by molar-refractivity contribution is -0.137. The third-order valence-electron chi connectivity index (χ3n) is 7.46. The fourth-order valence-electron chi connectivity index (χ4n) is 5.51. The van der Waals surface area contributed by atoms with E-state index in [-0.39, 0.29) is 5.92 Å². The van der Waals surface area contributed by atoms with Crippen LogP contribution in [-0.2, 0) is 17.6 Å². The third-order valence-corrected chi connectivity index (χ3v) is 7.46. The molecule has 1 aliphatic carbocycles. The largest absolute Gasteiger partial charge is 0.497 e. The number of carbonyl (C=O) groups is 1. The van der Waals surface area contributed by atoms with Gasteiger partial charge in [-0.05, 0) is 107 Å². The highest BCUT2D eigenvalue weighted by Crippen LogP contribution is 2.30. The second kappa shape index (κ2) is 10.6. The van der Waals surface area contributed by atoms with Gasteiger partial charge in [-0.3, -0.25) is 4.79 Å². The van der Waals surface area contributed by atoms with Gasteiger partial charge in [0.15, 0.2) is 0 Å². The molecule has 0 unspecified atom stereocenters. The summed E-state index contributed by atoms with van der Waals surface area (Å²) in [5.74, 6) is 2.46. The minimum absolute atomic E-state index is 0.261. The second-order valence-corrected chi connectivity index (χ2v) is 9.46. The van der Waals surface area contributed by atoms with Gasteiger partial charge >= 0.3 is 0 Å². The maximum absolute atomic E-state index is 12.7. The zero-order valence-electron chi connectivity index (χ0n) is 18.6. The van der Waals surface area contributed by atoms with Crippen LogP contribution in [0, 0.1) is 11.8 Å². The highest BCUT2D eigenvalue weighted by molar-refractivity contribution is 5.79. The first-order chi connectivity index (χ1) is 14.7. The third kappa shape index (κ3) is 5.55. The van der Waals surface area contributed by atoms with Gasteiger partial charge in [0.25, 0.3) is 0 Å². The Balaban J connectivity index is 1.12. The Morgan fingerprint density at radius 1 is 1.13 bits per heavy atom. The van der Waals surface area contributed by atoms with Crippen molar-refractivity contribution in [1.29, 1.82) is 0 Å². The van der Waals surface area contributed by atoms with Crippen molar-refractivity contribution in [3.8, 4) is 5.75 Å². The van der Waals surface area contributed by atoms with Gasteiger partial charge < -0.3 is 20.3 Å². The lowest BCUT2D eigenvalue weighted by Gasteiger charge is -2.35. The number of amides is 1. The Morgan fingerprint density at radius 2 is 1.93 bits per heavy atom. The summed E-state index contributed by atoms with van der Waals surface area (Å²) in [7, 11) is 1.75. The summed E-state index contributed by atoms with van der Waals surface area (Å²) in [4.78, 5) is 14.8. The Labute approximate surface area is 181 Å². The fraction of sp³-hybridized carbons (Fsp3) is 0.720. The van der Waals surface area contributed by atoms with Crippen LogP contribution in [0.3, 0.4) is 0 Å². The number of methoxy groups -OCH3 is 1. The van der Waals surface area contributed by atoms with E-state index in [2.05, 4.69) is 33.7 Å². The van der Waals surface area contributed by atoms with Crippen LogP contribution in [-0.4, -0.2) is 56.7 Å². The molecule has 2 aliphatic heterocycles. The Morgan fingerprint density at radius 3 is 2.70 bits per heavy atom. The van der Waals surface area contributed by atoms with E-state index in [0.717, 1.165) is 70.1 Å². The number of rotatable bonds is 7. The highest BCUT2D eigenvalue weighted by Gasteiger charge is 2.29. The van der Waals surface area contributed by atoms with Crippen molar-refractivity contribution in [3.05, 3.63) is 29.3 Å². The number of benzene rings is 1. The molecule has 1 aromatic carbocycles. The number of carbonyl (C=O) groups excluding carboxylic acids is 1. The van der Waals surface area contributed by atoms with Crippen LogP contribution in [0.15, 0.2) is 18.2 Å². The minimum Gasteiger partial charge on any atom is -0.497 e. The van der Waals surface area contributed by atoms with Gasteiger partial charge in [0.05, 0.1) is 7.11 Å². The van der Waals surface area contributed by atoms with E-state index in [4.69, 9.17) is 4.74 Å². The minimum atomic E-state index is 0.261. The summed E-state index contributed by atoms with van der Waals surface area (Å²) < 4.78 is 5.40. The molecule has 2 fully saturated rings. The maximum atomic E-state index is 12.7. The van der Waals surface area contributed by atoms with Crippen molar-refractivity contribution in [2.24, 2.45) is 11.8 Å². The van der Waals surface area contributed by atoms with Crippen molar-refractivity contribution < 1.29 is 9.53 Å². The molecular formula is C25H39N3O2. The molecule has 2 heterocycles. The molecule has 2 saturated heterocycles. The quantitative estimate of drug-likeness (QED) is 0.674. The summed E-state index contributed by atoms with van der Waals surface area (Å²) >= 11 is 0. The van der Waals surface area contributed by atoms with Crippen LogP contribution >= 0.6 is 0 Å². The predicted octanol–water partition coefficient (Wildman–Crippen LogP) is 3.16. The van der Waals surface area contributed by atoms with E-state index in [1.807, 2.05) is 0 Å². The molecule has 3 aliphatic rings. The molecule has 0 bridgehead atoms. The monoisotopic (exact) mass is 413 g/mol. The average molecular weight is 414 g/mol. The smallest absolute Gasteiger partial charge is 0.225 e. The molecule has 0 aromatic heterocycles. The molecule has 0 spiro atoms. The van der Waals surface area contributed by atoms with Crippen LogP contribution in [0.4, 0.5) is 0 Å². The van der Waals surface area contributed by atoms with Gasteiger partial charge in [0, 0.05) is 25.0 Å². The lowest BCUT2D eigenvalue weighted by atomic mass is 9.81. The first kappa shape index (κ1) is 21.6. The van der Waals surface area contributed by atoms with Gasteiger partial charge in [-0.15, -0.1) is 0 Å². The van der Waals surface area contributed by atoms with Crippen molar-refractivity contribution >= 4 is 5.91 Å². The van der Waals surface area contributed by atoms with E-state index >= 15 is 0 Å². The van der Waals surface area contributed by atoms with Gasteiger partial charge in [-0.2, -0.15) is 0 Å².